The summed E-state index contributed by atoms with van der Waals surface area (Å²) in [5.41, 5.74) is 2.49. The molecule has 0 spiro atoms. The van der Waals surface area contributed by atoms with Crippen LogP contribution in [-0.4, -0.2) is 18.2 Å². The highest BCUT2D eigenvalue weighted by molar-refractivity contribution is 5.89. The van der Waals surface area contributed by atoms with Crippen LogP contribution in [0, 0.1) is 12.7 Å². The quantitative estimate of drug-likeness (QED) is 0.918. The maximum Gasteiger partial charge on any atom is 0.335 e. The van der Waals surface area contributed by atoms with Crippen LogP contribution in [0.25, 0.3) is 11.1 Å². The Morgan fingerprint density at radius 1 is 1.21 bits per heavy atom. The second-order valence-electron chi connectivity index (χ2n) is 4.18. The average molecular weight is 260 g/mol. The number of hydrogen-bond acceptors (Lipinski definition) is 2. The van der Waals surface area contributed by atoms with Gasteiger partial charge in [0.15, 0.2) is 11.6 Å². The first-order valence-corrected chi connectivity index (χ1v) is 5.71. The lowest BCUT2D eigenvalue weighted by Crippen LogP contribution is -1.97. The van der Waals surface area contributed by atoms with E-state index in [0.717, 1.165) is 11.1 Å². The van der Waals surface area contributed by atoms with E-state index in [1.165, 1.54) is 19.2 Å². The first-order chi connectivity index (χ1) is 9.02. The van der Waals surface area contributed by atoms with Crippen molar-refractivity contribution >= 4 is 5.97 Å². The van der Waals surface area contributed by atoms with Crippen molar-refractivity contribution in [1.82, 2.24) is 0 Å². The van der Waals surface area contributed by atoms with Gasteiger partial charge < -0.3 is 9.84 Å². The summed E-state index contributed by atoms with van der Waals surface area (Å²) in [4.78, 5) is 10.9. The van der Waals surface area contributed by atoms with E-state index < -0.39 is 11.8 Å². The number of benzene rings is 2. The molecule has 0 aliphatic carbocycles. The van der Waals surface area contributed by atoms with E-state index in [2.05, 4.69) is 0 Å². The van der Waals surface area contributed by atoms with E-state index in [1.807, 2.05) is 0 Å². The van der Waals surface area contributed by atoms with Gasteiger partial charge in [0.05, 0.1) is 12.7 Å². The summed E-state index contributed by atoms with van der Waals surface area (Å²) in [6, 6.07) is 9.42. The van der Waals surface area contributed by atoms with Gasteiger partial charge in [-0.05, 0) is 47.9 Å². The second kappa shape index (κ2) is 5.10. The zero-order chi connectivity index (χ0) is 14.0. The van der Waals surface area contributed by atoms with Gasteiger partial charge >= 0.3 is 5.97 Å². The molecule has 0 atom stereocenters. The van der Waals surface area contributed by atoms with Crippen LogP contribution < -0.4 is 4.74 Å². The third-order valence-electron chi connectivity index (χ3n) is 2.94. The van der Waals surface area contributed by atoms with E-state index in [0.29, 0.717) is 5.56 Å². The fourth-order valence-corrected chi connectivity index (χ4v) is 1.95. The predicted molar refractivity (Wildman–Crippen MR) is 70.1 cm³/mol. The van der Waals surface area contributed by atoms with Crippen LogP contribution in [0.3, 0.4) is 0 Å². The lowest BCUT2D eigenvalue weighted by Gasteiger charge is -2.09. The molecule has 0 aromatic heterocycles. The topological polar surface area (TPSA) is 46.5 Å². The Kier molecular flexibility index (Phi) is 3.51. The van der Waals surface area contributed by atoms with Gasteiger partial charge in [0.2, 0.25) is 0 Å². The van der Waals surface area contributed by atoms with E-state index in [1.54, 1.807) is 31.2 Å². The number of carboxylic acid groups (broad SMARTS) is 1. The molecule has 0 amide bonds. The molecule has 0 heterocycles. The van der Waals surface area contributed by atoms with E-state index >= 15 is 0 Å². The predicted octanol–water partition coefficient (Wildman–Crippen LogP) is 3.51. The van der Waals surface area contributed by atoms with Crippen LogP contribution in [0.15, 0.2) is 36.4 Å². The van der Waals surface area contributed by atoms with Crippen molar-refractivity contribution in [3.8, 4) is 16.9 Å². The number of hydrogen-bond donors (Lipinski definition) is 1. The molecule has 0 aliphatic heterocycles. The maximum atomic E-state index is 13.7. The van der Waals surface area contributed by atoms with Gasteiger partial charge in [-0.2, -0.15) is 0 Å². The molecule has 98 valence electrons. The molecule has 1 N–H and O–H groups in total. The van der Waals surface area contributed by atoms with E-state index in [4.69, 9.17) is 9.84 Å². The molecule has 0 bridgehead atoms. The zero-order valence-electron chi connectivity index (χ0n) is 10.6. The minimum Gasteiger partial charge on any atom is -0.494 e. The van der Waals surface area contributed by atoms with Gasteiger partial charge in [-0.1, -0.05) is 12.1 Å². The van der Waals surface area contributed by atoms with Crippen molar-refractivity contribution in [2.75, 3.05) is 7.11 Å². The molecule has 4 heteroatoms. The monoisotopic (exact) mass is 260 g/mol. The van der Waals surface area contributed by atoms with Crippen LogP contribution in [0.5, 0.6) is 5.75 Å². The number of rotatable bonds is 3. The molecule has 0 saturated heterocycles. The molecular formula is C15H13FO3. The first kappa shape index (κ1) is 13.1. The van der Waals surface area contributed by atoms with Crippen molar-refractivity contribution in [1.29, 1.82) is 0 Å². The van der Waals surface area contributed by atoms with Crippen LogP contribution in [0.2, 0.25) is 0 Å². The SMILES string of the molecule is COc1ccc(-c2ccc(C(=O)O)cc2C)cc1F. The molecular weight excluding hydrogens is 247 g/mol. The Morgan fingerprint density at radius 3 is 2.47 bits per heavy atom. The summed E-state index contributed by atoms with van der Waals surface area (Å²) >= 11 is 0. The van der Waals surface area contributed by atoms with Crippen LogP contribution in [0.1, 0.15) is 15.9 Å². The van der Waals surface area contributed by atoms with Crippen molar-refractivity contribution in [2.24, 2.45) is 0 Å². The summed E-state index contributed by atoms with van der Waals surface area (Å²) in [6.45, 7) is 1.80. The number of carbonyl (C=O) groups is 1. The standard InChI is InChI=1S/C15H13FO3/c1-9-7-11(15(17)18)3-5-12(9)10-4-6-14(19-2)13(16)8-10/h3-8H,1-2H3,(H,17,18). The zero-order valence-corrected chi connectivity index (χ0v) is 10.6. The Morgan fingerprint density at radius 2 is 1.95 bits per heavy atom. The number of carboxylic acids is 1. The number of halogens is 1. The highest BCUT2D eigenvalue weighted by Gasteiger charge is 2.09. The number of aromatic carboxylic acids is 1. The van der Waals surface area contributed by atoms with Crippen molar-refractivity contribution in [3.05, 3.63) is 53.3 Å². The maximum absolute atomic E-state index is 13.7. The molecule has 2 aromatic rings. The van der Waals surface area contributed by atoms with E-state index in [9.17, 15) is 9.18 Å². The number of methoxy groups -OCH3 is 1. The normalized spacial score (nSPS) is 10.3. The van der Waals surface area contributed by atoms with Crippen molar-refractivity contribution in [3.63, 3.8) is 0 Å². The van der Waals surface area contributed by atoms with Gasteiger partial charge in [0.25, 0.3) is 0 Å². The van der Waals surface area contributed by atoms with Gasteiger partial charge in [-0.3, -0.25) is 0 Å². The molecule has 0 unspecified atom stereocenters. The summed E-state index contributed by atoms with van der Waals surface area (Å²) in [7, 11) is 1.41. The summed E-state index contributed by atoms with van der Waals surface area (Å²) in [5.74, 6) is -1.24. The lowest BCUT2D eigenvalue weighted by molar-refractivity contribution is 0.0697. The molecule has 0 fully saturated rings. The highest BCUT2D eigenvalue weighted by Crippen LogP contribution is 2.28. The van der Waals surface area contributed by atoms with Crippen molar-refractivity contribution in [2.45, 2.75) is 6.92 Å². The molecule has 0 radical (unpaired) electrons. The lowest BCUT2D eigenvalue weighted by atomic mass is 9.98. The summed E-state index contributed by atoms with van der Waals surface area (Å²) < 4.78 is 18.5. The number of ether oxygens (including phenoxy) is 1. The van der Waals surface area contributed by atoms with E-state index in [-0.39, 0.29) is 11.3 Å². The molecule has 19 heavy (non-hydrogen) atoms. The summed E-state index contributed by atoms with van der Waals surface area (Å²) in [6.07, 6.45) is 0. The Hall–Kier alpha value is -2.36. The first-order valence-electron chi connectivity index (χ1n) is 5.71. The van der Waals surface area contributed by atoms with Crippen molar-refractivity contribution < 1.29 is 19.0 Å². The second-order valence-corrected chi connectivity index (χ2v) is 4.18. The average Bonchev–Trinajstić information content (AvgIpc) is 2.38. The third kappa shape index (κ3) is 2.57. The minimum absolute atomic E-state index is 0.184. The Labute approximate surface area is 110 Å². The minimum atomic E-state index is -0.976. The molecule has 0 saturated carbocycles. The van der Waals surface area contributed by atoms with Crippen LogP contribution >= 0.6 is 0 Å². The van der Waals surface area contributed by atoms with Crippen LogP contribution in [0.4, 0.5) is 4.39 Å². The van der Waals surface area contributed by atoms with Crippen LogP contribution in [-0.2, 0) is 0 Å². The third-order valence-corrected chi connectivity index (χ3v) is 2.94. The van der Waals surface area contributed by atoms with Gasteiger partial charge in [0.1, 0.15) is 0 Å². The molecule has 2 aromatic carbocycles. The summed E-state index contributed by atoms with van der Waals surface area (Å²) in [5, 5.41) is 8.91. The Bertz CT molecular complexity index is 635. The number of aryl methyl sites for hydroxylation is 1. The molecule has 3 nitrogen and oxygen atoms in total. The fourth-order valence-electron chi connectivity index (χ4n) is 1.95. The Balaban J connectivity index is 2.47. The van der Waals surface area contributed by atoms with Gasteiger partial charge in [-0.25, -0.2) is 9.18 Å². The fraction of sp³-hybridized carbons (Fsp3) is 0.133. The smallest absolute Gasteiger partial charge is 0.335 e. The largest absolute Gasteiger partial charge is 0.494 e. The highest BCUT2D eigenvalue weighted by atomic mass is 19.1. The van der Waals surface area contributed by atoms with Gasteiger partial charge in [0, 0.05) is 0 Å². The molecule has 0 aliphatic rings. The molecule has 2 rings (SSSR count). The van der Waals surface area contributed by atoms with Gasteiger partial charge in [-0.15, -0.1) is 0 Å².